The fourth-order valence-electron chi connectivity index (χ4n) is 4.73. The maximum Gasteiger partial charge on any atom is 0.416 e. The summed E-state index contributed by atoms with van der Waals surface area (Å²) in [6.07, 6.45) is -3.41. The van der Waals surface area contributed by atoms with E-state index in [2.05, 4.69) is 15.0 Å². The number of rotatable bonds is 6. The number of carbonyl (C=O) groups excluding carboxylic acids is 1. The number of aromatic nitrogens is 3. The molecule has 2 amide bonds. The van der Waals surface area contributed by atoms with E-state index in [4.69, 9.17) is 20.9 Å². The van der Waals surface area contributed by atoms with Crippen LogP contribution in [0.2, 0.25) is 0 Å². The van der Waals surface area contributed by atoms with Crippen molar-refractivity contribution in [2.45, 2.75) is 12.7 Å². The number of nitrogen functional groups attached to an aromatic ring is 1. The van der Waals surface area contributed by atoms with E-state index in [1.807, 2.05) is 6.07 Å². The number of nitrogens with two attached hydrogens (primary N) is 2. The highest BCUT2D eigenvalue weighted by Crippen LogP contribution is 2.41. The van der Waals surface area contributed by atoms with Crippen molar-refractivity contribution in [3.63, 3.8) is 0 Å². The van der Waals surface area contributed by atoms with Crippen LogP contribution in [0.4, 0.5) is 39.5 Å². The normalized spacial score (nSPS) is 14.4. The van der Waals surface area contributed by atoms with Crippen molar-refractivity contribution >= 4 is 28.7 Å². The van der Waals surface area contributed by atoms with Crippen LogP contribution < -0.4 is 21.1 Å². The van der Waals surface area contributed by atoms with E-state index < -0.39 is 29.3 Å². The van der Waals surface area contributed by atoms with Crippen molar-refractivity contribution in [2.75, 3.05) is 44.0 Å². The first-order valence-corrected chi connectivity index (χ1v) is 12.1. The highest BCUT2D eigenvalue weighted by molar-refractivity contribution is 6.00. The van der Waals surface area contributed by atoms with Gasteiger partial charge in [-0.3, -0.25) is 9.80 Å². The molecule has 40 heavy (non-hydrogen) atoms. The lowest BCUT2D eigenvalue weighted by molar-refractivity contribution is -0.137. The number of alkyl halides is 3. The second kappa shape index (κ2) is 10.6. The summed E-state index contributed by atoms with van der Waals surface area (Å²) in [5, 5.41) is 4.38. The van der Waals surface area contributed by atoms with E-state index in [1.54, 1.807) is 10.6 Å². The molecule has 1 fully saturated rings. The molecule has 2 aromatic heterocycles. The number of fused-ring (bicyclic) bond motifs is 1. The van der Waals surface area contributed by atoms with Gasteiger partial charge in [0.15, 0.2) is 5.82 Å². The molecule has 0 saturated carbocycles. The highest BCUT2D eigenvalue weighted by Gasteiger charge is 2.33. The molecular formula is C26H25F4N7O3. The highest BCUT2D eigenvalue weighted by atomic mass is 19.4. The van der Waals surface area contributed by atoms with Crippen molar-refractivity contribution in [3.05, 3.63) is 65.9 Å². The molecule has 3 heterocycles. The number of carbonyl (C=O) groups is 1. The quantitative estimate of drug-likeness (QED) is 0.340. The molecule has 0 spiro atoms. The summed E-state index contributed by atoms with van der Waals surface area (Å²) in [4.78, 5) is 19.4. The third-order valence-electron chi connectivity index (χ3n) is 6.61. The van der Waals surface area contributed by atoms with Crippen molar-refractivity contribution in [3.8, 4) is 16.9 Å². The number of hydrogen-bond acceptors (Lipinski definition) is 7. The van der Waals surface area contributed by atoms with Crippen LogP contribution >= 0.6 is 0 Å². The molecule has 5 rings (SSSR count). The summed E-state index contributed by atoms with van der Waals surface area (Å²) < 4.78 is 67.4. The lowest BCUT2D eigenvalue weighted by Gasteiger charge is -2.26. The molecule has 10 nitrogen and oxygen atoms in total. The maximum atomic E-state index is 14.7. The molecule has 0 atom stereocenters. The summed E-state index contributed by atoms with van der Waals surface area (Å²) >= 11 is 0. The second-order valence-corrected chi connectivity index (χ2v) is 9.07. The number of ether oxygens (including phenoxy) is 2. The molecule has 0 bridgehead atoms. The van der Waals surface area contributed by atoms with Gasteiger partial charge in [-0.15, -0.1) is 0 Å². The summed E-state index contributed by atoms with van der Waals surface area (Å²) in [5.41, 5.74) is 12.5. The first kappa shape index (κ1) is 27.1. The molecule has 0 unspecified atom stereocenters. The van der Waals surface area contributed by atoms with Gasteiger partial charge in [0, 0.05) is 36.8 Å². The van der Waals surface area contributed by atoms with Gasteiger partial charge >= 0.3 is 12.2 Å². The van der Waals surface area contributed by atoms with Crippen molar-refractivity contribution in [2.24, 2.45) is 5.73 Å². The van der Waals surface area contributed by atoms with Crippen LogP contribution in [-0.4, -0.2) is 58.9 Å². The SMILES string of the molecule is COc1cc(N(C(N)=O)c2cc(C(F)(F)F)ccc2F)ccc1-c1cc(CN2CCOCC2)n2ncnc(N)c12. The molecule has 1 aliphatic rings. The Hall–Kier alpha value is -4.43. The lowest BCUT2D eigenvalue weighted by Crippen LogP contribution is -2.36. The predicted molar refractivity (Wildman–Crippen MR) is 139 cm³/mol. The molecule has 14 heteroatoms. The Labute approximate surface area is 225 Å². The molecule has 2 aromatic carbocycles. The van der Waals surface area contributed by atoms with E-state index >= 15 is 0 Å². The number of anilines is 3. The van der Waals surface area contributed by atoms with Crippen LogP contribution in [0.15, 0.2) is 48.8 Å². The number of morpholine rings is 1. The summed E-state index contributed by atoms with van der Waals surface area (Å²) in [5.74, 6) is -0.620. The van der Waals surface area contributed by atoms with Crippen LogP contribution in [0, 0.1) is 5.82 Å². The Kier molecular flexibility index (Phi) is 7.21. The fourth-order valence-corrected chi connectivity index (χ4v) is 4.73. The zero-order valence-electron chi connectivity index (χ0n) is 21.3. The molecule has 1 aliphatic heterocycles. The largest absolute Gasteiger partial charge is 0.496 e. The predicted octanol–water partition coefficient (Wildman–Crippen LogP) is 4.19. The number of primary amides is 1. The number of amides is 2. The summed E-state index contributed by atoms with van der Waals surface area (Å²) in [6, 6.07) is 6.83. The van der Waals surface area contributed by atoms with E-state index in [0.717, 1.165) is 18.8 Å². The van der Waals surface area contributed by atoms with Gasteiger partial charge in [0.2, 0.25) is 0 Å². The van der Waals surface area contributed by atoms with Crippen molar-refractivity contribution < 1.29 is 31.8 Å². The fraction of sp³-hybridized carbons (Fsp3) is 0.269. The second-order valence-electron chi connectivity index (χ2n) is 9.07. The van der Waals surface area contributed by atoms with Gasteiger partial charge in [0.1, 0.15) is 23.4 Å². The van der Waals surface area contributed by atoms with Gasteiger partial charge < -0.3 is 20.9 Å². The van der Waals surface area contributed by atoms with Crippen molar-refractivity contribution in [1.29, 1.82) is 0 Å². The zero-order chi connectivity index (χ0) is 28.6. The Morgan fingerprint density at radius 2 is 1.88 bits per heavy atom. The first-order chi connectivity index (χ1) is 19.1. The van der Waals surface area contributed by atoms with E-state index in [1.165, 1.54) is 25.6 Å². The first-order valence-electron chi connectivity index (χ1n) is 12.1. The van der Waals surface area contributed by atoms with Gasteiger partial charge in [0.25, 0.3) is 0 Å². The maximum absolute atomic E-state index is 14.7. The average molecular weight is 560 g/mol. The van der Waals surface area contributed by atoms with Gasteiger partial charge in [-0.2, -0.15) is 18.3 Å². The Morgan fingerprint density at radius 1 is 1.12 bits per heavy atom. The minimum atomic E-state index is -4.76. The summed E-state index contributed by atoms with van der Waals surface area (Å²) in [6.45, 7) is 3.29. The van der Waals surface area contributed by atoms with Gasteiger partial charge in [-0.1, -0.05) is 0 Å². The third-order valence-corrected chi connectivity index (χ3v) is 6.61. The smallest absolute Gasteiger partial charge is 0.416 e. The molecule has 0 aliphatic carbocycles. The van der Waals surface area contributed by atoms with Gasteiger partial charge in [0.05, 0.1) is 43.0 Å². The van der Waals surface area contributed by atoms with Crippen LogP contribution in [0.5, 0.6) is 5.75 Å². The number of nitrogens with zero attached hydrogens (tertiary/aromatic N) is 5. The van der Waals surface area contributed by atoms with Crippen LogP contribution in [0.1, 0.15) is 11.3 Å². The van der Waals surface area contributed by atoms with Crippen LogP contribution in [0.25, 0.3) is 16.6 Å². The number of methoxy groups -OCH3 is 1. The minimum Gasteiger partial charge on any atom is -0.496 e. The zero-order valence-corrected chi connectivity index (χ0v) is 21.3. The Balaban J connectivity index is 1.60. The molecule has 210 valence electrons. The molecule has 0 radical (unpaired) electrons. The van der Waals surface area contributed by atoms with Crippen molar-refractivity contribution in [1.82, 2.24) is 19.5 Å². The molecule has 1 saturated heterocycles. The average Bonchev–Trinajstić information content (AvgIpc) is 3.28. The number of urea groups is 1. The van der Waals surface area contributed by atoms with E-state index in [0.29, 0.717) is 59.5 Å². The topological polar surface area (TPSA) is 124 Å². The number of hydrogen-bond donors (Lipinski definition) is 2. The molecular weight excluding hydrogens is 534 g/mol. The number of benzene rings is 2. The molecule has 4 N–H and O–H groups in total. The standard InChI is InChI=1S/C26H25F4N7O3/c1-39-22-12-16(36(25(32)38)21-10-15(26(28,29)30)2-5-20(21)27)3-4-18(22)19-11-17(13-35-6-8-40-9-7-35)37-23(19)24(31)33-14-34-37/h2-5,10-12,14H,6-9,13H2,1H3,(H2,32,38)(H2,31,33,34). The Morgan fingerprint density at radius 3 is 2.55 bits per heavy atom. The summed E-state index contributed by atoms with van der Waals surface area (Å²) in [7, 11) is 1.38. The minimum absolute atomic E-state index is 0.00685. The lowest BCUT2D eigenvalue weighted by atomic mass is 10.0. The van der Waals surface area contributed by atoms with E-state index in [-0.39, 0.29) is 17.3 Å². The van der Waals surface area contributed by atoms with Gasteiger partial charge in [-0.25, -0.2) is 18.7 Å². The third kappa shape index (κ3) is 5.10. The van der Waals surface area contributed by atoms with Crippen LogP contribution in [0.3, 0.4) is 0 Å². The van der Waals surface area contributed by atoms with E-state index in [9.17, 15) is 22.4 Å². The molecule has 4 aromatic rings. The monoisotopic (exact) mass is 559 g/mol. The van der Waals surface area contributed by atoms with Crippen LogP contribution in [-0.2, 0) is 17.5 Å². The number of halogens is 4. The Bertz CT molecular complexity index is 1570. The van der Waals surface area contributed by atoms with Gasteiger partial charge in [-0.05, 0) is 36.4 Å².